The molecule has 0 bridgehead atoms. The molecule has 0 unspecified atom stereocenters. The molecule has 0 saturated heterocycles. The molecule has 0 spiro atoms. The summed E-state index contributed by atoms with van der Waals surface area (Å²) in [6.45, 7) is 5.27. The van der Waals surface area contributed by atoms with E-state index in [1.165, 1.54) is 0 Å². The van der Waals surface area contributed by atoms with Gasteiger partial charge < -0.3 is 13.9 Å². The molecular formula is C11H16O4. The van der Waals surface area contributed by atoms with Crippen LogP contribution in [0.4, 0.5) is 0 Å². The van der Waals surface area contributed by atoms with Gasteiger partial charge in [-0.25, -0.2) is 4.79 Å². The van der Waals surface area contributed by atoms with Crippen LogP contribution < -0.4 is 0 Å². The zero-order valence-corrected chi connectivity index (χ0v) is 9.12. The number of rotatable bonds is 6. The van der Waals surface area contributed by atoms with Gasteiger partial charge >= 0.3 is 5.97 Å². The Labute approximate surface area is 89.2 Å². The van der Waals surface area contributed by atoms with E-state index in [2.05, 4.69) is 0 Å². The lowest BCUT2D eigenvalue weighted by Gasteiger charge is -1.99. The summed E-state index contributed by atoms with van der Waals surface area (Å²) >= 11 is 0. The average Bonchev–Trinajstić information content (AvgIpc) is 2.71. The van der Waals surface area contributed by atoms with Crippen molar-refractivity contribution in [1.29, 1.82) is 0 Å². The Morgan fingerprint density at radius 1 is 1.40 bits per heavy atom. The first-order valence-corrected chi connectivity index (χ1v) is 5.11. The van der Waals surface area contributed by atoms with Crippen LogP contribution in [0, 0.1) is 0 Å². The Morgan fingerprint density at radius 3 is 2.87 bits per heavy atom. The molecular weight excluding hydrogens is 196 g/mol. The molecule has 1 aromatic rings. The van der Waals surface area contributed by atoms with Crippen LogP contribution in [0.25, 0.3) is 0 Å². The largest absolute Gasteiger partial charge is 0.460 e. The van der Waals surface area contributed by atoms with Gasteiger partial charge in [0, 0.05) is 6.61 Å². The van der Waals surface area contributed by atoms with Gasteiger partial charge in [0.2, 0.25) is 5.76 Å². The summed E-state index contributed by atoms with van der Waals surface area (Å²) in [6, 6.07) is 3.32. The summed E-state index contributed by atoms with van der Waals surface area (Å²) in [5.41, 5.74) is 0. The molecule has 0 atom stereocenters. The molecule has 0 radical (unpaired) electrons. The molecule has 0 amide bonds. The summed E-state index contributed by atoms with van der Waals surface area (Å²) in [4.78, 5) is 11.3. The lowest BCUT2D eigenvalue weighted by Crippen LogP contribution is -2.04. The fraction of sp³-hybridized carbons (Fsp3) is 0.545. The van der Waals surface area contributed by atoms with Crippen LogP contribution >= 0.6 is 0 Å². The Balaban J connectivity index is 2.47. The first kappa shape index (κ1) is 11.8. The van der Waals surface area contributed by atoms with Crippen molar-refractivity contribution in [2.75, 3.05) is 13.2 Å². The number of carbonyl (C=O) groups is 1. The minimum absolute atomic E-state index is 0.234. The quantitative estimate of drug-likeness (QED) is 0.679. The van der Waals surface area contributed by atoms with Crippen molar-refractivity contribution < 1.29 is 18.7 Å². The predicted molar refractivity (Wildman–Crippen MR) is 54.6 cm³/mol. The molecule has 1 rings (SSSR count). The molecule has 0 N–H and O–H groups in total. The summed E-state index contributed by atoms with van der Waals surface area (Å²) in [5, 5.41) is 0. The molecule has 4 heteroatoms. The molecule has 84 valence electrons. The van der Waals surface area contributed by atoms with Gasteiger partial charge in [-0.3, -0.25) is 0 Å². The van der Waals surface area contributed by atoms with Gasteiger partial charge in [0.15, 0.2) is 0 Å². The Morgan fingerprint density at radius 2 is 2.20 bits per heavy atom. The van der Waals surface area contributed by atoms with Crippen LogP contribution in [0.1, 0.15) is 36.6 Å². The normalized spacial score (nSPS) is 10.3. The number of esters is 1. The van der Waals surface area contributed by atoms with E-state index in [0.717, 1.165) is 6.42 Å². The van der Waals surface area contributed by atoms with Crippen LogP contribution in [-0.4, -0.2) is 19.2 Å². The van der Waals surface area contributed by atoms with Crippen molar-refractivity contribution in [1.82, 2.24) is 0 Å². The third kappa shape index (κ3) is 3.75. The molecule has 1 aromatic heterocycles. The number of furan rings is 1. The second-order valence-corrected chi connectivity index (χ2v) is 3.04. The van der Waals surface area contributed by atoms with E-state index in [1.54, 1.807) is 12.1 Å². The highest BCUT2D eigenvalue weighted by Gasteiger charge is 2.11. The van der Waals surface area contributed by atoms with Crippen LogP contribution in [0.3, 0.4) is 0 Å². The second kappa shape index (κ2) is 6.24. The minimum Gasteiger partial charge on any atom is -0.460 e. The lowest BCUT2D eigenvalue weighted by atomic mass is 10.4. The van der Waals surface area contributed by atoms with Gasteiger partial charge in [0.05, 0.1) is 6.61 Å². The third-order valence-electron chi connectivity index (χ3n) is 1.75. The van der Waals surface area contributed by atoms with E-state index < -0.39 is 5.97 Å². The first-order valence-electron chi connectivity index (χ1n) is 5.11. The Hall–Kier alpha value is -1.29. The standard InChI is InChI=1S/C11H16O4/c1-3-7-14-11(12)10-6-5-9(15-10)8-13-4-2/h5-6H,3-4,7-8H2,1-2H3. The van der Waals surface area contributed by atoms with E-state index in [-0.39, 0.29) is 5.76 Å². The molecule has 0 aliphatic heterocycles. The summed E-state index contributed by atoms with van der Waals surface area (Å²) in [5.74, 6) is 0.457. The molecule has 0 saturated carbocycles. The number of hydrogen-bond acceptors (Lipinski definition) is 4. The van der Waals surface area contributed by atoms with Gasteiger partial charge in [-0.05, 0) is 25.5 Å². The Bertz CT molecular complexity index is 303. The molecule has 1 heterocycles. The van der Waals surface area contributed by atoms with Crippen LogP contribution in [0.15, 0.2) is 16.5 Å². The highest BCUT2D eigenvalue weighted by molar-refractivity contribution is 5.86. The van der Waals surface area contributed by atoms with E-state index in [4.69, 9.17) is 13.9 Å². The average molecular weight is 212 g/mol. The maximum atomic E-state index is 11.3. The van der Waals surface area contributed by atoms with Crippen LogP contribution in [0.5, 0.6) is 0 Å². The van der Waals surface area contributed by atoms with Crippen LogP contribution in [0.2, 0.25) is 0 Å². The van der Waals surface area contributed by atoms with Crippen molar-refractivity contribution in [3.8, 4) is 0 Å². The van der Waals surface area contributed by atoms with Gasteiger partial charge in [-0.2, -0.15) is 0 Å². The Kier molecular flexibility index (Phi) is 4.90. The molecule has 4 nitrogen and oxygen atoms in total. The smallest absolute Gasteiger partial charge is 0.374 e. The van der Waals surface area contributed by atoms with Gasteiger partial charge in [0.25, 0.3) is 0 Å². The van der Waals surface area contributed by atoms with Crippen molar-refractivity contribution in [2.24, 2.45) is 0 Å². The second-order valence-electron chi connectivity index (χ2n) is 3.04. The van der Waals surface area contributed by atoms with E-state index >= 15 is 0 Å². The molecule has 15 heavy (non-hydrogen) atoms. The molecule has 0 aliphatic carbocycles. The SMILES string of the molecule is CCCOC(=O)c1ccc(COCC)o1. The van der Waals surface area contributed by atoms with Gasteiger partial charge in [-0.15, -0.1) is 0 Å². The van der Waals surface area contributed by atoms with Gasteiger partial charge in [0.1, 0.15) is 12.4 Å². The highest BCUT2D eigenvalue weighted by atomic mass is 16.5. The zero-order chi connectivity index (χ0) is 11.1. The third-order valence-corrected chi connectivity index (χ3v) is 1.75. The highest BCUT2D eigenvalue weighted by Crippen LogP contribution is 2.10. The van der Waals surface area contributed by atoms with Crippen molar-refractivity contribution in [3.63, 3.8) is 0 Å². The number of ether oxygens (including phenoxy) is 2. The topological polar surface area (TPSA) is 48.7 Å². The summed E-state index contributed by atoms with van der Waals surface area (Å²) in [6.07, 6.45) is 0.804. The maximum absolute atomic E-state index is 11.3. The minimum atomic E-state index is -0.417. The number of hydrogen-bond donors (Lipinski definition) is 0. The molecule has 0 aromatic carbocycles. The summed E-state index contributed by atoms with van der Waals surface area (Å²) < 4.78 is 15.3. The monoisotopic (exact) mass is 212 g/mol. The summed E-state index contributed by atoms with van der Waals surface area (Å²) in [7, 11) is 0. The van der Waals surface area contributed by atoms with Crippen molar-refractivity contribution in [3.05, 3.63) is 23.7 Å². The fourth-order valence-electron chi connectivity index (χ4n) is 1.03. The van der Waals surface area contributed by atoms with Crippen molar-refractivity contribution in [2.45, 2.75) is 26.9 Å². The van der Waals surface area contributed by atoms with Crippen LogP contribution in [-0.2, 0) is 16.1 Å². The van der Waals surface area contributed by atoms with E-state index in [9.17, 15) is 4.79 Å². The first-order chi connectivity index (χ1) is 7.27. The predicted octanol–water partition coefficient (Wildman–Crippen LogP) is 2.38. The van der Waals surface area contributed by atoms with E-state index in [1.807, 2.05) is 13.8 Å². The zero-order valence-electron chi connectivity index (χ0n) is 9.12. The van der Waals surface area contributed by atoms with E-state index in [0.29, 0.717) is 25.6 Å². The number of carbonyl (C=O) groups excluding carboxylic acids is 1. The lowest BCUT2D eigenvalue weighted by molar-refractivity contribution is 0.0459. The maximum Gasteiger partial charge on any atom is 0.374 e. The molecule has 0 fully saturated rings. The van der Waals surface area contributed by atoms with Gasteiger partial charge in [-0.1, -0.05) is 6.92 Å². The fourth-order valence-corrected chi connectivity index (χ4v) is 1.03. The molecule has 0 aliphatic rings. The van der Waals surface area contributed by atoms with Crippen molar-refractivity contribution >= 4 is 5.97 Å².